The molecule has 0 aliphatic heterocycles. The molecule has 0 aromatic heterocycles. The Kier molecular flexibility index (Phi) is 7.15. The Balaban J connectivity index is 1.37. The number of hydrogen-bond donors (Lipinski definition) is 4. The first-order chi connectivity index (χ1) is 14.5. The molecule has 2 aromatic carbocycles. The van der Waals surface area contributed by atoms with E-state index < -0.39 is 0 Å². The summed E-state index contributed by atoms with van der Waals surface area (Å²) in [6.45, 7) is 0.573. The molecule has 156 valence electrons. The molecule has 8 heteroatoms. The van der Waals surface area contributed by atoms with Crippen LogP contribution in [0.3, 0.4) is 0 Å². The van der Waals surface area contributed by atoms with Gasteiger partial charge in [0.25, 0.3) is 11.8 Å². The third kappa shape index (κ3) is 6.44. The standard InChI is InChI=1S/C22H24N4O4/c27-19(14-25-22(30)15-4-2-1-3-5-15)26-18-10-8-17(9-11-18)21(29)24-13-12-23-20(28)16-6-7-16/h1-5,8-11,16H,6-7,12-14H2,(H,23,28)(H,24,29)(H,25,30)(H,26,27). The number of hydrogen-bond acceptors (Lipinski definition) is 4. The lowest BCUT2D eigenvalue weighted by Crippen LogP contribution is -2.35. The van der Waals surface area contributed by atoms with Gasteiger partial charge in [0.1, 0.15) is 0 Å². The van der Waals surface area contributed by atoms with Crippen LogP contribution in [0.2, 0.25) is 0 Å². The van der Waals surface area contributed by atoms with Gasteiger partial charge in [0.15, 0.2) is 0 Å². The van der Waals surface area contributed by atoms with E-state index in [-0.39, 0.29) is 36.1 Å². The fraction of sp³-hybridized carbons (Fsp3) is 0.273. The monoisotopic (exact) mass is 408 g/mol. The maximum absolute atomic E-state index is 12.1. The fourth-order valence-corrected chi connectivity index (χ4v) is 2.72. The van der Waals surface area contributed by atoms with Gasteiger partial charge in [-0.25, -0.2) is 0 Å². The number of anilines is 1. The predicted octanol–water partition coefficient (Wildman–Crippen LogP) is 1.31. The van der Waals surface area contributed by atoms with Crippen LogP contribution in [-0.4, -0.2) is 43.3 Å². The van der Waals surface area contributed by atoms with Gasteiger partial charge in [-0.05, 0) is 49.2 Å². The highest BCUT2D eigenvalue weighted by Gasteiger charge is 2.28. The number of carbonyl (C=O) groups excluding carboxylic acids is 4. The molecule has 3 rings (SSSR count). The fourth-order valence-electron chi connectivity index (χ4n) is 2.72. The number of benzene rings is 2. The molecule has 0 spiro atoms. The maximum Gasteiger partial charge on any atom is 0.251 e. The van der Waals surface area contributed by atoms with Crippen molar-refractivity contribution in [2.45, 2.75) is 12.8 Å². The molecule has 0 unspecified atom stereocenters. The summed E-state index contributed by atoms with van der Waals surface area (Å²) in [6, 6.07) is 15.0. The van der Waals surface area contributed by atoms with Crippen molar-refractivity contribution in [2.24, 2.45) is 5.92 Å². The molecule has 0 saturated heterocycles. The first-order valence-electron chi connectivity index (χ1n) is 9.82. The van der Waals surface area contributed by atoms with Gasteiger partial charge in [-0.1, -0.05) is 18.2 Å². The van der Waals surface area contributed by atoms with E-state index in [1.54, 1.807) is 54.6 Å². The third-order valence-electron chi connectivity index (χ3n) is 4.53. The third-order valence-corrected chi connectivity index (χ3v) is 4.53. The summed E-state index contributed by atoms with van der Waals surface area (Å²) in [5.74, 6) is -0.767. The van der Waals surface area contributed by atoms with Crippen molar-refractivity contribution in [1.82, 2.24) is 16.0 Å². The van der Waals surface area contributed by atoms with Crippen molar-refractivity contribution in [3.8, 4) is 0 Å². The Morgan fingerprint density at radius 2 is 1.33 bits per heavy atom. The minimum atomic E-state index is -0.372. The number of nitrogens with one attached hydrogen (secondary N) is 4. The molecule has 30 heavy (non-hydrogen) atoms. The van der Waals surface area contributed by atoms with E-state index in [4.69, 9.17) is 0 Å². The molecular weight excluding hydrogens is 384 g/mol. The maximum atomic E-state index is 12.1. The van der Waals surface area contributed by atoms with Crippen molar-refractivity contribution in [1.29, 1.82) is 0 Å². The topological polar surface area (TPSA) is 116 Å². The molecule has 0 bridgehead atoms. The molecule has 1 saturated carbocycles. The van der Waals surface area contributed by atoms with Gasteiger partial charge in [-0.2, -0.15) is 0 Å². The van der Waals surface area contributed by atoms with Crippen molar-refractivity contribution in [2.75, 3.05) is 25.0 Å². The Labute approximate surface area is 174 Å². The number of amides is 4. The van der Waals surface area contributed by atoms with Crippen LogP contribution in [0.25, 0.3) is 0 Å². The first-order valence-corrected chi connectivity index (χ1v) is 9.82. The molecule has 1 aliphatic rings. The second-order valence-corrected chi connectivity index (χ2v) is 7.00. The second kappa shape index (κ2) is 10.2. The molecule has 1 aliphatic carbocycles. The van der Waals surface area contributed by atoms with E-state index in [0.717, 1.165) is 12.8 Å². The van der Waals surface area contributed by atoms with Crippen LogP contribution in [-0.2, 0) is 9.59 Å². The minimum Gasteiger partial charge on any atom is -0.354 e. The highest BCUT2D eigenvalue weighted by atomic mass is 16.2. The first kappa shape index (κ1) is 21.0. The van der Waals surface area contributed by atoms with Crippen molar-refractivity contribution in [3.63, 3.8) is 0 Å². The lowest BCUT2D eigenvalue weighted by Gasteiger charge is -2.09. The zero-order chi connectivity index (χ0) is 21.3. The summed E-state index contributed by atoms with van der Waals surface area (Å²) < 4.78 is 0. The molecule has 0 atom stereocenters. The van der Waals surface area contributed by atoms with Crippen molar-refractivity contribution in [3.05, 3.63) is 65.7 Å². The predicted molar refractivity (Wildman–Crippen MR) is 112 cm³/mol. The van der Waals surface area contributed by atoms with E-state index in [1.165, 1.54) is 0 Å². The zero-order valence-electron chi connectivity index (χ0n) is 16.4. The van der Waals surface area contributed by atoms with E-state index in [0.29, 0.717) is 29.9 Å². The molecule has 0 heterocycles. The highest BCUT2D eigenvalue weighted by Crippen LogP contribution is 2.28. The van der Waals surface area contributed by atoms with E-state index in [9.17, 15) is 19.2 Å². The number of carbonyl (C=O) groups is 4. The Hall–Kier alpha value is -3.68. The summed E-state index contributed by atoms with van der Waals surface area (Å²) in [4.78, 5) is 47.6. The van der Waals surface area contributed by atoms with E-state index >= 15 is 0 Å². The summed E-state index contributed by atoms with van der Waals surface area (Å²) in [7, 11) is 0. The van der Waals surface area contributed by atoms with Gasteiger partial charge < -0.3 is 21.3 Å². The molecule has 4 amide bonds. The largest absolute Gasteiger partial charge is 0.354 e. The van der Waals surface area contributed by atoms with Crippen LogP contribution in [0.1, 0.15) is 33.6 Å². The molecule has 1 fully saturated rings. The zero-order valence-corrected chi connectivity index (χ0v) is 16.4. The van der Waals surface area contributed by atoms with Gasteiger partial charge in [0, 0.05) is 35.8 Å². The summed E-state index contributed by atoms with van der Waals surface area (Å²) >= 11 is 0. The van der Waals surface area contributed by atoms with Gasteiger partial charge in [-0.15, -0.1) is 0 Å². The average Bonchev–Trinajstić information content (AvgIpc) is 3.61. The van der Waals surface area contributed by atoms with Crippen LogP contribution >= 0.6 is 0 Å². The summed E-state index contributed by atoms with van der Waals surface area (Å²) in [6.07, 6.45) is 1.89. The van der Waals surface area contributed by atoms with Crippen LogP contribution in [0.15, 0.2) is 54.6 Å². The molecule has 0 radical (unpaired) electrons. The van der Waals surface area contributed by atoms with Gasteiger partial charge in [0.05, 0.1) is 6.54 Å². The molecule has 2 aromatic rings. The lowest BCUT2D eigenvalue weighted by atomic mass is 10.2. The van der Waals surface area contributed by atoms with Gasteiger partial charge in [0.2, 0.25) is 11.8 Å². The normalized spacial score (nSPS) is 12.5. The van der Waals surface area contributed by atoms with E-state index in [1.807, 2.05) is 0 Å². The quantitative estimate of drug-likeness (QED) is 0.468. The average molecular weight is 408 g/mol. The Bertz CT molecular complexity index is 908. The van der Waals surface area contributed by atoms with Crippen LogP contribution in [0, 0.1) is 5.92 Å². The summed E-state index contributed by atoms with van der Waals surface area (Å²) in [5.41, 5.74) is 1.44. The second-order valence-electron chi connectivity index (χ2n) is 7.00. The number of rotatable bonds is 9. The highest BCUT2D eigenvalue weighted by molar-refractivity contribution is 5.99. The Morgan fingerprint density at radius 1 is 0.733 bits per heavy atom. The molecular formula is C22H24N4O4. The molecule has 4 N–H and O–H groups in total. The van der Waals surface area contributed by atoms with Crippen LogP contribution in [0.4, 0.5) is 5.69 Å². The van der Waals surface area contributed by atoms with Crippen molar-refractivity contribution >= 4 is 29.3 Å². The van der Waals surface area contributed by atoms with Gasteiger partial charge >= 0.3 is 0 Å². The molecule has 8 nitrogen and oxygen atoms in total. The van der Waals surface area contributed by atoms with E-state index in [2.05, 4.69) is 21.3 Å². The van der Waals surface area contributed by atoms with Crippen molar-refractivity contribution < 1.29 is 19.2 Å². The minimum absolute atomic E-state index is 0.0456. The smallest absolute Gasteiger partial charge is 0.251 e. The Morgan fingerprint density at radius 3 is 2.00 bits per heavy atom. The van der Waals surface area contributed by atoms with Crippen LogP contribution < -0.4 is 21.3 Å². The van der Waals surface area contributed by atoms with Gasteiger partial charge in [-0.3, -0.25) is 19.2 Å². The lowest BCUT2D eigenvalue weighted by molar-refractivity contribution is -0.122. The summed E-state index contributed by atoms with van der Waals surface area (Å²) in [5, 5.41) is 10.7. The SMILES string of the molecule is O=C(CNC(=O)c1ccccc1)Nc1ccc(C(=O)NCCNC(=O)C2CC2)cc1. The van der Waals surface area contributed by atoms with Crippen LogP contribution in [0.5, 0.6) is 0 Å².